The van der Waals surface area contributed by atoms with E-state index in [1.807, 2.05) is 30.1 Å². The summed E-state index contributed by atoms with van der Waals surface area (Å²) in [5.41, 5.74) is 3.20. The molecule has 4 rings (SSSR count). The molecule has 1 heterocycles. The molecule has 3 aromatic carbocycles. The molecule has 6 nitrogen and oxygen atoms in total. The van der Waals surface area contributed by atoms with Crippen LogP contribution in [0.3, 0.4) is 0 Å². The number of anilines is 2. The van der Waals surface area contributed by atoms with Crippen molar-refractivity contribution in [2.45, 2.75) is 42.5 Å². The molecule has 1 atom stereocenters. The second-order valence-electron chi connectivity index (χ2n) is 8.25. The fourth-order valence-electron chi connectivity index (χ4n) is 4.22. The molecule has 34 heavy (non-hydrogen) atoms. The van der Waals surface area contributed by atoms with E-state index in [-0.39, 0.29) is 21.0 Å². The third kappa shape index (κ3) is 4.21. The average molecular weight is 481 g/mol. The zero-order valence-electron chi connectivity index (χ0n) is 19.1. The van der Waals surface area contributed by atoms with Crippen LogP contribution >= 0.6 is 0 Å². The molecule has 0 bridgehead atoms. The number of hydrogen-bond donors (Lipinski definition) is 1. The van der Waals surface area contributed by atoms with E-state index in [0.29, 0.717) is 0 Å². The van der Waals surface area contributed by atoms with Crippen molar-refractivity contribution in [3.8, 4) is 0 Å². The number of halogens is 1. The number of aliphatic carboxylic acids is 1. The summed E-state index contributed by atoms with van der Waals surface area (Å²) >= 11 is 0. The Morgan fingerprint density at radius 1 is 1.09 bits per heavy atom. The van der Waals surface area contributed by atoms with Gasteiger partial charge in [0.25, 0.3) is 0 Å². The van der Waals surface area contributed by atoms with Crippen LogP contribution in [0.4, 0.5) is 15.8 Å². The average Bonchev–Trinajstić information content (AvgIpc) is 3.12. The van der Waals surface area contributed by atoms with Gasteiger partial charge in [0.1, 0.15) is 10.7 Å². The highest BCUT2D eigenvalue weighted by Gasteiger charge is 2.29. The highest BCUT2D eigenvalue weighted by Crippen LogP contribution is 2.28. The Morgan fingerprint density at radius 3 is 2.44 bits per heavy atom. The molecular weight excluding hydrogens is 455 g/mol. The van der Waals surface area contributed by atoms with E-state index >= 15 is 0 Å². The Balaban J connectivity index is 1.79. The van der Waals surface area contributed by atoms with E-state index in [2.05, 4.69) is 18.0 Å². The molecule has 176 valence electrons. The summed E-state index contributed by atoms with van der Waals surface area (Å²) < 4.78 is 42.0. The highest BCUT2D eigenvalue weighted by atomic mass is 32.2. The Kier molecular flexibility index (Phi) is 6.27. The van der Waals surface area contributed by atoms with E-state index in [0.717, 1.165) is 23.9 Å². The zero-order chi connectivity index (χ0) is 24.6. The summed E-state index contributed by atoms with van der Waals surface area (Å²) in [7, 11) is -2.39. The molecule has 0 aliphatic carbocycles. The number of hydrogen-bond acceptors (Lipinski definition) is 5. The lowest BCUT2D eigenvalue weighted by atomic mass is 10.0. The molecule has 1 N–H and O–H groups in total. The lowest BCUT2D eigenvalue weighted by Gasteiger charge is -2.20. The maximum absolute atomic E-state index is 15.0. The monoisotopic (exact) mass is 480 g/mol. The number of carboxylic acid groups (broad SMARTS) is 1. The second-order valence-corrected chi connectivity index (χ2v) is 10.1. The fourth-order valence-corrected chi connectivity index (χ4v) is 5.78. The first-order valence-corrected chi connectivity index (χ1v) is 12.4. The van der Waals surface area contributed by atoms with Gasteiger partial charge in [-0.3, -0.25) is 9.79 Å². The summed E-state index contributed by atoms with van der Waals surface area (Å²) in [5.74, 6) is -2.06. The van der Waals surface area contributed by atoms with Crippen LogP contribution < -0.4 is 15.5 Å². The van der Waals surface area contributed by atoms with E-state index in [4.69, 9.17) is 0 Å². The Morgan fingerprint density at radius 2 is 1.79 bits per heavy atom. The number of carbonyl (C=O) groups is 1. The molecule has 0 amide bonds. The maximum Gasteiger partial charge on any atom is 0.307 e. The summed E-state index contributed by atoms with van der Waals surface area (Å²) in [6, 6.07) is 16.2. The highest BCUT2D eigenvalue weighted by molar-refractivity contribution is 7.91. The predicted octanol–water partition coefficient (Wildman–Crippen LogP) is 3.64. The summed E-state index contributed by atoms with van der Waals surface area (Å²) in [4.78, 5) is 17.1. The maximum atomic E-state index is 15.0. The molecule has 1 unspecified atom stereocenters. The number of sulfone groups is 1. The zero-order valence-corrected chi connectivity index (χ0v) is 19.9. The first kappa shape index (κ1) is 23.6. The molecule has 0 fully saturated rings. The van der Waals surface area contributed by atoms with Crippen LogP contribution in [-0.4, -0.2) is 32.6 Å². The largest absolute Gasteiger partial charge is 0.481 e. The van der Waals surface area contributed by atoms with Crippen molar-refractivity contribution in [2.75, 3.05) is 11.9 Å². The van der Waals surface area contributed by atoms with Crippen molar-refractivity contribution in [2.24, 2.45) is 4.99 Å². The normalized spacial score (nSPS) is 15.1. The molecule has 1 aliphatic heterocycles. The van der Waals surface area contributed by atoms with Crippen molar-refractivity contribution < 1.29 is 22.7 Å². The van der Waals surface area contributed by atoms with Gasteiger partial charge in [-0.25, -0.2) is 12.8 Å². The van der Waals surface area contributed by atoms with E-state index in [9.17, 15) is 22.7 Å². The van der Waals surface area contributed by atoms with Crippen molar-refractivity contribution in [3.63, 3.8) is 0 Å². The van der Waals surface area contributed by atoms with Gasteiger partial charge in [0, 0.05) is 23.6 Å². The summed E-state index contributed by atoms with van der Waals surface area (Å²) in [5, 5.41) is 9.65. The van der Waals surface area contributed by atoms with Gasteiger partial charge >= 0.3 is 5.97 Å². The van der Waals surface area contributed by atoms with Crippen molar-refractivity contribution in [1.29, 1.82) is 0 Å². The van der Waals surface area contributed by atoms with Crippen LogP contribution in [0.2, 0.25) is 0 Å². The predicted molar refractivity (Wildman–Crippen MR) is 128 cm³/mol. The smallest absolute Gasteiger partial charge is 0.307 e. The van der Waals surface area contributed by atoms with Crippen LogP contribution in [-0.2, 0) is 21.1 Å². The molecular formula is C26H25FN2O4S. The van der Waals surface area contributed by atoms with Gasteiger partial charge in [-0.15, -0.1) is 0 Å². The number of benzene rings is 3. The summed E-state index contributed by atoms with van der Waals surface area (Å²) in [6.07, 6.45) is 0.488. The Labute approximate surface area is 197 Å². The number of rotatable bonds is 7. The summed E-state index contributed by atoms with van der Waals surface area (Å²) in [6.45, 7) is 3.75. The van der Waals surface area contributed by atoms with Crippen molar-refractivity contribution >= 4 is 32.8 Å². The molecule has 0 spiro atoms. The van der Waals surface area contributed by atoms with Gasteiger partial charge < -0.3 is 10.0 Å². The first-order valence-electron chi connectivity index (χ1n) is 10.9. The topological polar surface area (TPSA) is 87.0 Å². The molecule has 3 aromatic rings. The molecule has 0 aromatic heterocycles. The number of aryl methyl sites for hydroxylation is 1. The second kappa shape index (κ2) is 9.02. The number of carboxylic acids is 1. The minimum absolute atomic E-state index is 0.0625. The van der Waals surface area contributed by atoms with Gasteiger partial charge in [0.15, 0.2) is 0 Å². The van der Waals surface area contributed by atoms with Crippen LogP contribution in [0.25, 0.3) is 5.57 Å². The van der Waals surface area contributed by atoms with Crippen LogP contribution in [0.1, 0.15) is 25.8 Å². The van der Waals surface area contributed by atoms with E-state index in [1.165, 1.54) is 23.8 Å². The van der Waals surface area contributed by atoms with Crippen molar-refractivity contribution in [1.82, 2.24) is 0 Å². The molecule has 8 heteroatoms. The fraction of sp³-hybridized carbons (Fsp3) is 0.231. The number of nitrogens with zero attached hydrogens (tertiary/aromatic N) is 2. The Hall–Kier alpha value is -3.52. The molecule has 0 saturated carbocycles. The minimum atomic E-state index is -4.27. The van der Waals surface area contributed by atoms with Gasteiger partial charge in [0.2, 0.25) is 9.84 Å². The third-order valence-corrected chi connectivity index (χ3v) is 7.93. The molecule has 0 saturated heterocycles. The lowest BCUT2D eigenvalue weighted by Crippen LogP contribution is -2.32. The third-order valence-electron chi connectivity index (χ3n) is 6.10. The van der Waals surface area contributed by atoms with Gasteiger partial charge in [-0.1, -0.05) is 19.1 Å². The van der Waals surface area contributed by atoms with E-state index < -0.39 is 39.0 Å². The lowest BCUT2D eigenvalue weighted by molar-refractivity contribution is -0.135. The van der Waals surface area contributed by atoms with Gasteiger partial charge in [-0.2, -0.15) is 0 Å². The molecule has 0 radical (unpaired) electrons. The van der Waals surface area contributed by atoms with Gasteiger partial charge in [-0.05, 0) is 73.0 Å². The SMILES string of the molecule is CCc1cccc(N(C)c2ccc(S(=O)(=O)c3c(F)ccc4c3=C(CC(=O)O)C(C)N=4)cc2)c1. The minimum Gasteiger partial charge on any atom is -0.481 e. The number of fused-ring (bicyclic) bond motifs is 1. The Bertz CT molecular complexity index is 1500. The molecule has 1 aliphatic rings. The standard InChI is InChI=1S/C26H25FN2O4S/c1-4-17-6-5-7-19(14-17)29(3)18-8-10-20(11-9-18)34(32,33)26-22(27)12-13-23-25(26)21(15-24(30)31)16(2)28-23/h5-14,16H,4,15H2,1-3H3,(H,30,31). The van der Waals surface area contributed by atoms with Crippen LogP contribution in [0.5, 0.6) is 0 Å². The quantitative estimate of drug-likeness (QED) is 0.558. The van der Waals surface area contributed by atoms with E-state index in [1.54, 1.807) is 19.1 Å². The van der Waals surface area contributed by atoms with Crippen molar-refractivity contribution in [3.05, 3.63) is 82.6 Å². The van der Waals surface area contributed by atoms with Gasteiger partial charge in [0.05, 0.1) is 22.7 Å². The van der Waals surface area contributed by atoms with Crippen LogP contribution in [0, 0.1) is 5.82 Å². The first-order chi connectivity index (χ1) is 16.1. The van der Waals surface area contributed by atoms with Crippen LogP contribution in [0.15, 0.2) is 75.4 Å².